The molecule has 1 rings (SSSR count). The molecule has 96 valence electrons. The van der Waals surface area contributed by atoms with E-state index in [2.05, 4.69) is 0 Å². The topological polar surface area (TPSA) is 61.5 Å². The smallest absolute Gasteiger partial charge is 0.324 e. The lowest BCUT2D eigenvalue weighted by atomic mass is 10.1. The summed E-state index contributed by atoms with van der Waals surface area (Å²) in [5.74, 6) is 0. The van der Waals surface area contributed by atoms with Crippen LogP contribution in [0.5, 0.6) is 0 Å². The Kier molecular flexibility index (Phi) is 5.34. The van der Waals surface area contributed by atoms with Crippen molar-refractivity contribution >= 4 is 12.9 Å². The summed E-state index contributed by atoms with van der Waals surface area (Å²) in [5, 5.41) is 0.575. The van der Waals surface area contributed by atoms with Crippen molar-refractivity contribution in [3.05, 3.63) is 29.8 Å². The summed E-state index contributed by atoms with van der Waals surface area (Å²) < 4.78 is 22.9. The SMILES string of the molecule is CCOP(=O)(OCC)c1ccc([C@H](C)N)cc1. The van der Waals surface area contributed by atoms with Gasteiger partial charge in [-0.2, -0.15) is 0 Å². The third-order valence-corrected chi connectivity index (χ3v) is 4.46. The number of hydrogen-bond donors (Lipinski definition) is 1. The van der Waals surface area contributed by atoms with Gasteiger partial charge in [0.15, 0.2) is 0 Å². The first-order valence-corrected chi connectivity index (χ1v) is 7.33. The molecule has 1 aromatic rings. The monoisotopic (exact) mass is 257 g/mol. The second kappa shape index (κ2) is 6.31. The van der Waals surface area contributed by atoms with E-state index in [1.165, 1.54) is 0 Å². The molecule has 0 saturated heterocycles. The predicted octanol–water partition coefficient (Wildman–Crippen LogP) is 2.60. The van der Waals surface area contributed by atoms with E-state index in [4.69, 9.17) is 14.8 Å². The van der Waals surface area contributed by atoms with Crippen molar-refractivity contribution < 1.29 is 13.6 Å². The van der Waals surface area contributed by atoms with Gasteiger partial charge in [0.2, 0.25) is 0 Å². The molecule has 4 nitrogen and oxygen atoms in total. The fourth-order valence-electron chi connectivity index (χ4n) is 1.49. The summed E-state index contributed by atoms with van der Waals surface area (Å²) in [6, 6.07) is 7.17. The highest BCUT2D eigenvalue weighted by Gasteiger charge is 2.26. The van der Waals surface area contributed by atoms with Crippen LogP contribution in [0.25, 0.3) is 0 Å². The Labute approximate surface area is 103 Å². The van der Waals surface area contributed by atoms with Gasteiger partial charge in [-0.15, -0.1) is 0 Å². The first-order valence-electron chi connectivity index (χ1n) is 5.78. The molecule has 0 unspecified atom stereocenters. The Morgan fingerprint density at radius 3 is 2.00 bits per heavy atom. The van der Waals surface area contributed by atoms with Gasteiger partial charge in [0.1, 0.15) is 0 Å². The molecule has 0 aromatic heterocycles. The van der Waals surface area contributed by atoms with Gasteiger partial charge in [0.05, 0.1) is 18.5 Å². The van der Waals surface area contributed by atoms with Crippen molar-refractivity contribution in [3.8, 4) is 0 Å². The molecule has 0 spiro atoms. The Bertz CT molecular complexity index is 379. The quantitative estimate of drug-likeness (QED) is 0.796. The molecule has 17 heavy (non-hydrogen) atoms. The summed E-state index contributed by atoms with van der Waals surface area (Å²) in [7, 11) is -3.16. The van der Waals surface area contributed by atoms with Gasteiger partial charge < -0.3 is 14.8 Å². The third-order valence-electron chi connectivity index (χ3n) is 2.33. The van der Waals surface area contributed by atoms with E-state index < -0.39 is 7.60 Å². The van der Waals surface area contributed by atoms with Crippen molar-refractivity contribution in [2.75, 3.05) is 13.2 Å². The zero-order valence-corrected chi connectivity index (χ0v) is 11.4. The number of nitrogens with two attached hydrogens (primary N) is 1. The van der Waals surface area contributed by atoms with Gasteiger partial charge in [-0.1, -0.05) is 12.1 Å². The van der Waals surface area contributed by atoms with Crippen molar-refractivity contribution in [2.24, 2.45) is 5.73 Å². The average Bonchev–Trinajstić information content (AvgIpc) is 2.30. The highest BCUT2D eigenvalue weighted by molar-refractivity contribution is 7.62. The van der Waals surface area contributed by atoms with E-state index in [1.54, 1.807) is 26.0 Å². The van der Waals surface area contributed by atoms with Crippen molar-refractivity contribution in [3.63, 3.8) is 0 Å². The van der Waals surface area contributed by atoms with Gasteiger partial charge in [0.25, 0.3) is 0 Å². The molecule has 0 heterocycles. The summed E-state index contributed by atoms with van der Waals surface area (Å²) in [5.41, 5.74) is 6.75. The van der Waals surface area contributed by atoms with Crippen molar-refractivity contribution in [1.29, 1.82) is 0 Å². The Morgan fingerprint density at radius 1 is 1.18 bits per heavy atom. The molecule has 0 amide bonds. The largest absolute Gasteiger partial charge is 0.361 e. The average molecular weight is 257 g/mol. The number of rotatable bonds is 6. The second-order valence-corrected chi connectivity index (χ2v) is 5.74. The summed E-state index contributed by atoms with van der Waals surface area (Å²) in [6.07, 6.45) is 0. The lowest BCUT2D eigenvalue weighted by Crippen LogP contribution is -2.12. The van der Waals surface area contributed by atoms with Crippen LogP contribution < -0.4 is 11.0 Å². The molecule has 0 aliphatic heterocycles. The molecule has 0 radical (unpaired) electrons. The normalized spacial score (nSPS) is 13.6. The molecule has 0 saturated carbocycles. The van der Waals surface area contributed by atoms with Crippen LogP contribution in [0.15, 0.2) is 24.3 Å². The first-order chi connectivity index (χ1) is 8.03. The van der Waals surface area contributed by atoms with E-state index in [0.29, 0.717) is 18.5 Å². The van der Waals surface area contributed by atoms with E-state index in [1.807, 2.05) is 19.1 Å². The van der Waals surface area contributed by atoms with Crippen LogP contribution in [0, 0.1) is 0 Å². The summed E-state index contributed by atoms with van der Waals surface area (Å²) in [6.45, 7) is 6.20. The maximum Gasteiger partial charge on any atom is 0.361 e. The Balaban J connectivity index is 2.99. The highest BCUT2D eigenvalue weighted by Crippen LogP contribution is 2.46. The van der Waals surface area contributed by atoms with Crippen LogP contribution >= 0.6 is 7.60 Å². The first kappa shape index (κ1) is 14.4. The zero-order chi connectivity index (χ0) is 12.9. The van der Waals surface area contributed by atoms with Gasteiger partial charge in [-0.05, 0) is 38.5 Å². The standard InChI is InChI=1S/C12H20NO3P/c1-4-15-17(14,16-5-2)12-8-6-11(7-9-12)10(3)13/h6-10H,4-5,13H2,1-3H3/t10-/m0/s1. The van der Waals surface area contributed by atoms with Crippen LogP contribution in [-0.2, 0) is 13.6 Å². The molecule has 0 bridgehead atoms. The van der Waals surface area contributed by atoms with Crippen molar-refractivity contribution in [2.45, 2.75) is 26.8 Å². The molecule has 0 fully saturated rings. The van der Waals surface area contributed by atoms with E-state index in [9.17, 15) is 4.57 Å². The zero-order valence-electron chi connectivity index (χ0n) is 10.6. The number of benzene rings is 1. The van der Waals surface area contributed by atoms with Crippen LogP contribution in [0.4, 0.5) is 0 Å². The van der Waals surface area contributed by atoms with Gasteiger partial charge >= 0.3 is 7.60 Å². The Morgan fingerprint density at radius 2 is 1.65 bits per heavy atom. The fourth-order valence-corrected chi connectivity index (χ4v) is 3.05. The van der Waals surface area contributed by atoms with E-state index in [-0.39, 0.29) is 6.04 Å². The summed E-state index contributed by atoms with van der Waals surface area (Å²) >= 11 is 0. The lowest BCUT2D eigenvalue weighted by Gasteiger charge is -2.17. The summed E-state index contributed by atoms with van der Waals surface area (Å²) in [4.78, 5) is 0. The predicted molar refractivity (Wildman–Crippen MR) is 69.5 cm³/mol. The Hall–Kier alpha value is -0.670. The van der Waals surface area contributed by atoms with Gasteiger partial charge in [-0.3, -0.25) is 4.57 Å². The van der Waals surface area contributed by atoms with Crippen molar-refractivity contribution in [1.82, 2.24) is 0 Å². The van der Waals surface area contributed by atoms with Gasteiger partial charge in [-0.25, -0.2) is 0 Å². The highest BCUT2D eigenvalue weighted by atomic mass is 31.2. The molecule has 5 heteroatoms. The molecule has 0 aliphatic carbocycles. The molecule has 2 N–H and O–H groups in total. The van der Waals surface area contributed by atoms with Crippen LogP contribution in [-0.4, -0.2) is 13.2 Å². The second-order valence-electron chi connectivity index (χ2n) is 3.71. The van der Waals surface area contributed by atoms with Gasteiger partial charge in [0, 0.05) is 6.04 Å². The third kappa shape index (κ3) is 3.65. The van der Waals surface area contributed by atoms with E-state index >= 15 is 0 Å². The molecule has 1 atom stereocenters. The maximum absolute atomic E-state index is 12.4. The number of hydrogen-bond acceptors (Lipinski definition) is 4. The van der Waals surface area contributed by atoms with Crippen LogP contribution in [0.3, 0.4) is 0 Å². The molecule has 1 aromatic carbocycles. The van der Waals surface area contributed by atoms with Crippen LogP contribution in [0.2, 0.25) is 0 Å². The molecule has 0 aliphatic rings. The molecular weight excluding hydrogens is 237 g/mol. The fraction of sp³-hybridized carbons (Fsp3) is 0.500. The molecular formula is C12H20NO3P. The minimum atomic E-state index is -3.16. The van der Waals surface area contributed by atoms with Crippen LogP contribution in [0.1, 0.15) is 32.4 Å². The lowest BCUT2D eigenvalue weighted by molar-refractivity contribution is 0.230. The minimum absolute atomic E-state index is 0.0392. The van der Waals surface area contributed by atoms with E-state index in [0.717, 1.165) is 5.56 Å². The maximum atomic E-state index is 12.4. The minimum Gasteiger partial charge on any atom is -0.324 e.